The number of amides is 1. The molecule has 1 aromatic heterocycles. The highest BCUT2D eigenvalue weighted by atomic mass is 35.5. The van der Waals surface area contributed by atoms with Gasteiger partial charge < -0.3 is 24.6 Å². The maximum absolute atomic E-state index is 13.9. The number of aromatic nitrogens is 2. The van der Waals surface area contributed by atoms with Crippen LogP contribution in [0.5, 0.6) is 17.4 Å². The number of hydrogen-bond donors (Lipinski definition) is 2. The molecule has 208 valence electrons. The van der Waals surface area contributed by atoms with E-state index in [9.17, 15) is 15.0 Å². The van der Waals surface area contributed by atoms with Gasteiger partial charge in [-0.1, -0.05) is 59.1 Å². The van der Waals surface area contributed by atoms with Gasteiger partial charge in [-0.05, 0) is 53.6 Å². The molecule has 40 heavy (non-hydrogen) atoms. The highest BCUT2D eigenvalue weighted by Crippen LogP contribution is 2.36. The number of aliphatic hydroxyl groups is 1. The average molecular weight is 603 g/mol. The Morgan fingerprint density at radius 2 is 1.57 bits per heavy atom. The fourth-order valence-corrected chi connectivity index (χ4v) is 4.52. The SMILES string of the molecule is COc1ccc(CN(CCO)C(=O)c2cc(-c3cc(Cl)c(O)c(Cl)c3)nnc2OCCc2ccc(Cl)cc2)cc1. The Kier molecular flexibility index (Phi) is 10.1. The van der Waals surface area contributed by atoms with Crippen LogP contribution in [0.2, 0.25) is 15.1 Å². The summed E-state index contributed by atoms with van der Waals surface area (Å²) in [6.45, 7) is 0.278. The highest BCUT2D eigenvalue weighted by Gasteiger charge is 2.23. The maximum Gasteiger partial charge on any atom is 0.259 e. The summed E-state index contributed by atoms with van der Waals surface area (Å²) in [5.41, 5.74) is 2.73. The average Bonchev–Trinajstić information content (AvgIpc) is 2.96. The van der Waals surface area contributed by atoms with Crippen LogP contribution in [0.25, 0.3) is 11.3 Å². The Morgan fingerprint density at radius 1 is 0.925 bits per heavy atom. The second-order valence-corrected chi connectivity index (χ2v) is 10.0. The van der Waals surface area contributed by atoms with Crippen molar-refractivity contribution in [3.63, 3.8) is 0 Å². The van der Waals surface area contributed by atoms with E-state index >= 15 is 0 Å². The molecule has 0 unspecified atom stereocenters. The lowest BCUT2D eigenvalue weighted by atomic mass is 10.1. The Hall–Kier alpha value is -3.56. The third-order valence-corrected chi connectivity index (χ3v) is 6.86. The van der Waals surface area contributed by atoms with Crippen LogP contribution in [0.4, 0.5) is 0 Å². The van der Waals surface area contributed by atoms with Gasteiger partial charge in [0.25, 0.3) is 5.91 Å². The van der Waals surface area contributed by atoms with Crippen LogP contribution < -0.4 is 9.47 Å². The van der Waals surface area contributed by atoms with E-state index in [0.717, 1.165) is 11.1 Å². The van der Waals surface area contributed by atoms with E-state index in [1.54, 1.807) is 31.4 Å². The third-order valence-electron chi connectivity index (χ3n) is 6.04. The summed E-state index contributed by atoms with van der Waals surface area (Å²) < 4.78 is 11.1. The van der Waals surface area contributed by atoms with Gasteiger partial charge in [0.1, 0.15) is 11.3 Å². The fraction of sp³-hybridized carbons (Fsp3) is 0.207. The molecule has 3 aromatic carbocycles. The van der Waals surface area contributed by atoms with Gasteiger partial charge in [-0.2, -0.15) is 0 Å². The Bertz CT molecular complexity index is 1440. The van der Waals surface area contributed by atoms with Crippen molar-refractivity contribution in [1.82, 2.24) is 15.1 Å². The number of phenols is 1. The number of carbonyl (C=O) groups is 1. The molecule has 4 rings (SSSR count). The zero-order valence-electron chi connectivity index (χ0n) is 21.5. The molecule has 2 N–H and O–H groups in total. The second kappa shape index (κ2) is 13.7. The normalized spacial score (nSPS) is 10.8. The van der Waals surface area contributed by atoms with Crippen molar-refractivity contribution >= 4 is 40.7 Å². The summed E-state index contributed by atoms with van der Waals surface area (Å²) in [4.78, 5) is 15.4. The van der Waals surface area contributed by atoms with Crippen molar-refractivity contribution in [2.75, 3.05) is 26.9 Å². The van der Waals surface area contributed by atoms with Gasteiger partial charge in [0.2, 0.25) is 5.88 Å². The van der Waals surface area contributed by atoms with Crippen molar-refractivity contribution < 1.29 is 24.5 Å². The molecule has 0 atom stereocenters. The predicted molar refractivity (Wildman–Crippen MR) is 155 cm³/mol. The Morgan fingerprint density at radius 3 is 2.20 bits per heavy atom. The summed E-state index contributed by atoms with van der Waals surface area (Å²) in [5, 5.41) is 28.8. The number of aliphatic hydroxyl groups excluding tert-OH is 1. The molecule has 11 heteroatoms. The molecule has 0 fully saturated rings. The molecule has 0 bridgehead atoms. The first-order valence-electron chi connectivity index (χ1n) is 12.3. The van der Waals surface area contributed by atoms with Gasteiger partial charge in [-0.15, -0.1) is 10.2 Å². The highest BCUT2D eigenvalue weighted by molar-refractivity contribution is 6.37. The largest absolute Gasteiger partial charge is 0.505 e. The lowest BCUT2D eigenvalue weighted by molar-refractivity contribution is 0.0702. The minimum Gasteiger partial charge on any atom is -0.505 e. The van der Waals surface area contributed by atoms with Crippen LogP contribution in [0.1, 0.15) is 21.5 Å². The van der Waals surface area contributed by atoms with Gasteiger partial charge in [0.15, 0.2) is 5.75 Å². The van der Waals surface area contributed by atoms with Gasteiger partial charge in [-0.25, -0.2) is 0 Å². The van der Waals surface area contributed by atoms with E-state index < -0.39 is 5.91 Å². The number of carbonyl (C=O) groups excluding carboxylic acids is 1. The quantitative estimate of drug-likeness (QED) is 0.215. The van der Waals surface area contributed by atoms with E-state index in [4.69, 9.17) is 44.3 Å². The number of rotatable bonds is 11. The maximum atomic E-state index is 13.9. The molecule has 0 saturated heterocycles. The van der Waals surface area contributed by atoms with Crippen molar-refractivity contribution in [3.05, 3.63) is 98.5 Å². The van der Waals surface area contributed by atoms with Crippen molar-refractivity contribution in [2.45, 2.75) is 13.0 Å². The lowest BCUT2D eigenvalue weighted by Gasteiger charge is -2.23. The van der Waals surface area contributed by atoms with Crippen LogP contribution >= 0.6 is 34.8 Å². The first kappa shape index (κ1) is 29.4. The molecule has 0 aliphatic rings. The molecule has 0 aliphatic heterocycles. The summed E-state index contributed by atoms with van der Waals surface area (Å²) in [7, 11) is 1.58. The molecule has 1 amide bonds. The first-order chi connectivity index (χ1) is 19.3. The number of benzene rings is 3. The van der Waals surface area contributed by atoms with E-state index in [2.05, 4.69) is 10.2 Å². The molecule has 4 aromatic rings. The fourth-order valence-electron chi connectivity index (χ4n) is 3.91. The van der Waals surface area contributed by atoms with Crippen LogP contribution in [-0.2, 0) is 13.0 Å². The summed E-state index contributed by atoms with van der Waals surface area (Å²) in [6, 6.07) is 19.1. The zero-order chi connectivity index (χ0) is 28.6. The topological polar surface area (TPSA) is 105 Å². The number of phenolic OH excluding ortho intramolecular Hbond substituents is 1. The number of hydrogen-bond acceptors (Lipinski definition) is 7. The van der Waals surface area contributed by atoms with Crippen LogP contribution in [-0.4, -0.2) is 58.1 Å². The molecule has 0 saturated carbocycles. The minimum atomic E-state index is -0.418. The number of aromatic hydroxyl groups is 1. The van der Waals surface area contributed by atoms with Crippen molar-refractivity contribution in [2.24, 2.45) is 0 Å². The lowest BCUT2D eigenvalue weighted by Crippen LogP contribution is -2.33. The smallest absolute Gasteiger partial charge is 0.259 e. The van der Waals surface area contributed by atoms with Crippen molar-refractivity contribution in [3.8, 4) is 28.6 Å². The Balaban J connectivity index is 1.66. The van der Waals surface area contributed by atoms with E-state index in [0.29, 0.717) is 28.5 Å². The van der Waals surface area contributed by atoms with Crippen LogP contribution in [0, 0.1) is 0 Å². The van der Waals surface area contributed by atoms with Gasteiger partial charge in [-0.3, -0.25) is 4.79 Å². The minimum absolute atomic E-state index is 0.0295. The van der Waals surface area contributed by atoms with Crippen molar-refractivity contribution in [1.29, 1.82) is 0 Å². The Labute approximate surface area is 246 Å². The predicted octanol–water partition coefficient (Wildman–Crippen LogP) is 6.07. The summed E-state index contributed by atoms with van der Waals surface area (Å²) in [6.07, 6.45) is 0.545. The molecule has 8 nitrogen and oxygen atoms in total. The first-order valence-corrected chi connectivity index (χ1v) is 13.4. The summed E-state index contributed by atoms with van der Waals surface area (Å²) >= 11 is 18.2. The molecular weight excluding hydrogens is 577 g/mol. The van der Waals surface area contributed by atoms with Crippen LogP contribution in [0.3, 0.4) is 0 Å². The molecule has 0 spiro atoms. The number of ether oxygens (including phenoxy) is 2. The monoisotopic (exact) mass is 601 g/mol. The van der Waals surface area contributed by atoms with Gasteiger partial charge in [0.05, 0.1) is 36.1 Å². The van der Waals surface area contributed by atoms with E-state index in [-0.39, 0.29) is 53.5 Å². The van der Waals surface area contributed by atoms with Gasteiger partial charge >= 0.3 is 0 Å². The van der Waals surface area contributed by atoms with E-state index in [1.165, 1.54) is 23.1 Å². The standard InChI is InChI=1S/C29H26Cl3N3O5/c1-39-22-8-4-19(5-9-22)17-35(11-12-36)29(38)23-16-26(20-14-24(31)27(37)25(32)15-20)33-34-28(23)40-13-10-18-2-6-21(30)7-3-18/h2-9,14-16,36-37H,10-13,17H2,1H3. The number of nitrogens with zero attached hydrogens (tertiary/aromatic N) is 3. The molecule has 0 radical (unpaired) electrons. The van der Waals surface area contributed by atoms with Crippen LogP contribution in [0.15, 0.2) is 66.7 Å². The molecule has 0 aliphatic carbocycles. The summed E-state index contributed by atoms with van der Waals surface area (Å²) in [5.74, 6) is 0.0521. The van der Waals surface area contributed by atoms with Gasteiger partial charge in [0, 0.05) is 30.1 Å². The number of methoxy groups -OCH3 is 1. The second-order valence-electron chi connectivity index (χ2n) is 8.76. The molecular formula is C29H26Cl3N3O5. The third kappa shape index (κ3) is 7.34. The molecule has 1 heterocycles. The zero-order valence-corrected chi connectivity index (χ0v) is 23.7. The number of halogens is 3. The van der Waals surface area contributed by atoms with E-state index in [1.807, 2.05) is 24.3 Å².